The molecule has 32 heavy (non-hydrogen) atoms. The zero-order chi connectivity index (χ0) is 22.7. The van der Waals surface area contributed by atoms with Gasteiger partial charge in [-0.2, -0.15) is 4.98 Å². The summed E-state index contributed by atoms with van der Waals surface area (Å²) in [5.74, 6) is 1.38. The summed E-state index contributed by atoms with van der Waals surface area (Å²) in [7, 11) is 1.59. The van der Waals surface area contributed by atoms with E-state index in [1.165, 1.54) is 6.20 Å². The first kappa shape index (κ1) is 22.2. The van der Waals surface area contributed by atoms with Gasteiger partial charge in [-0.05, 0) is 60.1 Å². The minimum absolute atomic E-state index is 0.117. The second-order valence-electron chi connectivity index (χ2n) is 7.77. The van der Waals surface area contributed by atoms with E-state index >= 15 is 0 Å². The Morgan fingerprint density at radius 1 is 1.09 bits per heavy atom. The standard InChI is InChI=1S/C22H25BrFN7O/c1-13-11-31(12-14(2)27-13)22-26-10-17(24)21(30-22)28-16-5-6-19(32-3)18(8-16)29-20-7-4-15(23)9-25-20/h4-10,13-14,27H,11-12H2,1-3H3,(H,25,29)(H,26,28,30)/t13-,14+. The number of anilines is 5. The van der Waals surface area contributed by atoms with Crippen LogP contribution in [0.2, 0.25) is 0 Å². The molecule has 1 aromatic carbocycles. The quantitative estimate of drug-likeness (QED) is 0.456. The minimum Gasteiger partial charge on any atom is -0.495 e. The molecule has 0 spiro atoms. The van der Waals surface area contributed by atoms with Gasteiger partial charge in [-0.15, -0.1) is 0 Å². The molecule has 1 fully saturated rings. The largest absolute Gasteiger partial charge is 0.495 e. The molecule has 0 unspecified atom stereocenters. The predicted molar refractivity (Wildman–Crippen MR) is 128 cm³/mol. The minimum atomic E-state index is -0.523. The number of pyridine rings is 1. The van der Waals surface area contributed by atoms with Gasteiger partial charge in [0.15, 0.2) is 11.6 Å². The molecule has 1 saturated heterocycles. The Hall–Kier alpha value is -2.98. The summed E-state index contributed by atoms with van der Waals surface area (Å²) in [6.45, 7) is 5.73. The highest BCUT2D eigenvalue weighted by atomic mass is 79.9. The summed E-state index contributed by atoms with van der Waals surface area (Å²) in [5, 5.41) is 9.77. The zero-order valence-electron chi connectivity index (χ0n) is 18.1. The molecule has 0 amide bonds. The molecule has 2 atom stereocenters. The molecule has 2 aromatic heterocycles. The molecule has 0 aliphatic carbocycles. The first-order valence-electron chi connectivity index (χ1n) is 10.3. The van der Waals surface area contributed by atoms with Crippen LogP contribution in [-0.2, 0) is 0 Å². The van der Waals surface area contributed by atoms with Gasteiger partial charge in [0.1, 0.15) is 11.6 Å². The Morgan fingerprint density at radius 3 is 2.56 bits per heavy atom. The van der Waals surface area contributed by atoms with Crippen molar-refractivity contribution < 1.29 is 9.13 Å². The molecule has 0 radical (unpaired) electrons. The summed E-state index contributed by atoms with van der Waals surface area (Å²) >= 11 is 3.38. The molecule has 4 rings (SSSR count). The number of hydrogen-bond acceptors (Lipinski definition) is 8. The monoisotopic (exact) mass is 501 g/mol. The van der Waals surface area contributed by atoms with Crippen molar-refractivity contribution in [2.75, 3.05) is 35.7 Å². The fourth-order valence-electron chi connectivity index (χ4n) is 3.70. The summed E-state index contributed by atoms with van der Waals surface area (Å²) in [6, 6.07) is 9.74. The van der Waals surface area contributed by atoms with Gasteiger partial charge in [0.05, 0.1) is 19.0 Å². The van der Waals surface area contributed by atoms with Gasteiger partial charge in [-0.25, -0.2) is 14.4 Å². The molecule has 168 valence electrons. The molecular weight excluding hydrogens is 477 g/mol. The van der Waals surface area contributed by atoms with Crippen LogP contribution in [0.4, 0.5) is 33.3 Å². The lowest BCUT2D eigenvalue weighted by Crippen LogP contribution is -2.54. The van der Waals surface area contributed by atoms with E-state index in [1.54, 1.807) is 25.4 Å². The maximum atomic E-state index is 14.5. The average Bonchev–Trinajstić information content (AvgIpc) is 2.76. The molecule has 0 bridgehead atoms. The lowest BCUT2D eigenvalue weighted by Gasteiger charge is -2.36. The summed E-state index contributed by atoms with van der Waals surface area (Å²) < 4.78 is 20.9. The second-order valence-corrected chi connectivity index (χ2v) is 8.68. The van der Waals surface area contributed by atoms with E-state index in [2.05, 4.69) is 65.6 Å². The molecule has 1 aliphatic heterocycles. The number of methoxy groups -OCH3 is 1. The number of benzene rings is 1. The van der Waals surface area contributed by atoms with E-state index in [1.807, 2.05) is 18.2 Å². The van der Waals surface area contributed by atoms with Crippen LogP contribution >= 0.6 is 15.9 Å². The van der Waals surface area contributed by atoms with Crippen molar-refractivity contribution >= 4 is 44.9 Å². The summed E-state index contributed by atoms with van der Waals surface area (Å²) in [5.41, 5.74) is 1.34. The maximum Gasteiger partial charge on any atom is 0.227 e. The summed E-state index contributed by atoms with van der Waals surface area (Å²) in [4.78, 5) is 15.1. The van der Waals surface area contributed by atoms with Gasteiger partial charge in [0.25, 0.3) is 0 Å². The lowest BCUT2D eigenvalue weighted by atomic mass is 10.1. The van der Waals surface area contributed by atoms with E-state index in [9.17, 15) is 4.39 Å². The van der Waals surface area contributed by atoms with Crippen molar-refractivity contribution in [1.29, 1.82) is 0 Å². The highest BCUT2D eigenvalue weighted by molar-refractivity contribution is 9.10. The number of rotatable bonds is 6. The van der Waals surface area contributed by atoms with Crippen LogP contribution in [0.5, 0.6) is 5.75 Å². The molecule has 1 aliphatic rings. The van der Waals surface area contributed by atoms with E-state index in [0.29, 0.717) is 41.0 Å². The first-order valence-corrected chi connectivity index (χ1v) is 11.1. The highest BCUT2D eigenvalue weighted by Crippen LogP contribution is 2.32. The normalized spacial score (nSPS) is 18.3. The van der Waals surface area contributed by atoms with Gasteiger partial charge in [-0.1, -0.05) is 0 Å². The number of aromatic nitrogens is 3. The van der Waals surface area contributed by atoms with E-state index in [-0.39, 0.29) is 5.82 Å². The SMILES string of the molecule is COc1ccc(Nc2nc(N3C[C@@H](C)N[C@@H](C)C3)ncc2F)cc1Nc1ccc(Br)cn1. The van der Waals surface area contributed by atoms with Gasteiger partial charge in [0.2, 0.25) is 5.95 Å². The molecular formula is C22H25BrFN7O. The van der Waals surface area contributed by atoms with Gasteiger partial charge >= 0.3 is 0 Å². The molecule has 3 heterocycles. The van der Waals surface area contributed by atoms with Crippen LogP contribution in [0, 0.1) is 5.82 Å². The number of ether oxygens (including phenoxy) is 1. The predicted octanol–water partition coefficient (Wildman–Crippen LogP) is 4.46. The van der Waals surface area contributed by atoms with E-state index in [4.69, 9.17) is 4.74 Å². The molecule has 3 N–H and O–H groups in total. The summed E-state index contributed by atoms with van der Waals surface area (Å²) in [6.07, 6.45) is 2.91. The van der Waals surface area contributed by atoms with E-state index in [0.717, 1.165) is 17.6 Å². The second kappa shape index (κ2) is 9.66. The third-order valence-electron chi connectivity index (χ3n) is 5.02. The first-order chi connectivity index (χ1) is 15.4. The van der Waals surface area contributed by atoms with Crippen LogP contribution in [-0.4, -0.2) is 47.2 Å². The van der Waals surface area contributed by atoms with Gasteiger partial charge in [-0.3, -0.25) is 0 Å². The third kappa shape index (κ3) is 5.25. The molecule has 3 aromatic rings. The van der Waals surface area contributed by atoms with Crippen molar-refractivity contribution in [1.82, 2.24) is 20.3 Å². The van der Waals surface area contributed by atoms with Gasteiger partial charge in [0, 0.05) is 41.5 Å². The van der Waals surface area contributed by atoms with Crippen LogP contribution in [0.1, 0.15) is 13.8 Å². The Morgan fingerprint density at radius 2 is 1.88 bits per heavy atom. The third-order valence-corrected chi connectivity index (χ3v) is 5.49. The molecule has 0 saturated carbocycles. The zero-order valence-corrected chi connectivity index (χ0v) is 19.6. The Labute approximate surface area is 194 Å². The number of piperazine rings is 1. The van der Waals surface area contributed by atoms with Crippen molar-refractivity contribution in [3.05, 3.63) is 53.0 Å². The average molecular weight is 502 g/mol. The van der Waals surface area contributed by atoms with Crippen LogP contribution in [0.15, 0.2) is 47.2 Å². The van der Waals surface area contributed by atoms with Gasteiger partial charge < -0.3 is 25.6 Å². The number of nitrogens with one attached hydrogen (secondary N) is 3. The Bertz CT molecular complexity index is 1070. The fraction of sp³-hybridized carbons (Fsp3) is 0.318. The van der Waals surface area contributed by atoms with Crippen LogP contribution < -0.4 is 25.6 Å². The Balaban J connectivity index is 1.57. The molecule has 10 heteroatoms. The van der Waals surface area contributed by atoms with E-state index < -0.39 is 5.82 Å². The number of nitrogens with zero attached hydrogens (tertiary/aromatic N) is 4. The molecule has 8 nitrogen and oxygen atoms in total. The topological polar surface area (TPSA) is 87.2 Å². The smallest absolute Gasteiger partial charge is 0.227 e. The van der Waals surface area contributed by atoms with Crippen molar-refractivity contribution in [2.45, 2.75) is 25.9 Å². The maximum absolute atomic E-state index is 14.5. The Kier molecular flexibility index (Phi) is 6.71. The highest BCUT2D eigenvalue weighted by Gasteiger charge is 2.23. The van der Waals surface area contributed by atoms with Crippen LogP contribution in [0.25, 0.3) is 0 Å². The fourth-order valence-corrected chi connectivity index (χ4v) is 3.93. The van der Waals surface area contributed by atoms with Crippen molar-refractivity contribution in [3.63, 3.8) is 0 Å². The van der Waals surface area contributed by atoms with Crippen LogP contribution in [0.3, 0.4) is 0 Å². The van der Waals surface area contributed by atoms with Crippen molar-refractivity contribution in [3.8, 4) is 5.75 Å². The number of hydrogen-bond donors (Lipinski definition) is 3. The number of halogens is 2. The van der Waals surface area contributed by atoms with Crippen molar-refractivity contribution in [2.24, 2.45) is 0 Å². The lowest BCUT2D eigenvalue weighted by molar-refractivity contribution is 0.403.